The van der Waals surface area contributed by atoms with Gasteiger partial charge in [0.25, 0.3) is 0 Å². The fourth-order valence-electron chi connectivity index (χ4n) is 2.93. The molecule has 90 valence electrons. The van der Waals surface area contributed by atoms with Crippen LogP contribution in [0.5, 0.6) is 0 Å². The van der Waals surface area contributed by atoms with E-state index in [2.05, 4.69) is 30.9 Å². The van der Waals surface area contributed by atoms with Crippen molar-refractivity contribution in [2.45, 2.75) is 40.5 Å². The van der Waals surface area contributed by atoms with Crippen LogP contribution in [0.1, 0.15) is 40.5 Å². The lowest BCUT2D eigenvalue weighted by Crippen LogP contribution is -2.48. The zero-order chi connectivity index (χ0) is 11.3. The molecule has 0 amide bonds. The van der Waals surface area contributed by atoms with Gasteiger partial charge in [0.1, 0.15) is 0 Å². The van der Waals surface area contributed by atoms with Gasteiger partial charge in [-0.05, 0) is 54.7 Å². The Kier molecular flexibility index (Phi) is 5.48. The monoisotopic (exact) mass is 229 g/mol. The zero-order valence-electron chi connectivity index (χ0n) is 10.8. The van der Waals surface area contributed by atoms with E-state index in [1.54, 1.807) is 0 Å². The molecule has 0 aromatic rings. The Morgan fingerprint density at radius 2 is 2.13 bits per heavy atom. The van der Waals surface area contributed by atoms with Gasteiger partial charge in [0.15, 0.2) is 0 Å². The molecule has 15 heavy (non-hydrogen) atoms. The van der Waals surface area contributed by atoms with E-state index < -0.39 is 0 Å². The molecule has 2 heterocycles. The summed E-state index contributed by atoms with van der Waals surface area (Å²) in [6.07, 6.45) is 2.77. The standard InChI is InChI=1S/C11H21NS.C2H6/c1-3-11(2)8-13-7-9-6-12-5-4-10(9)11;1-2/h9-10,12H,3-8H2,1-2H3;1-2H3. The number of rotatable bonds is 1. The average Bonchev–Trinajstić information content (AvgIpc) is 2.32. The van der Waals surface area contributed by atoms with Crippen LogP contribution in [0, 0.1) is 17.3 Å². The van der Waals surface area contributed by atoms with E-state index in [0.717, 1.165) is 11.8 Å². The normalized spacial score (nSPS) is 40.0. The second-order valence-corrected chi connectivity index (χ2v) is 5.91. The molecular formula is C13H27NS. The maximum atomic E-state index is 3.53. The molecule has 2 heteroatoms. The lowest BCUT2D eigenvalue weighted by molar-refractivity contribution is 0.107. The summed E-state index contributed by atoms with van der Waals surface area (Å²) < 4.78 is 0. The third kappa shape index (κ3) is 2.91. The van der Waals surface area contributed by atoms with E-state index in [-0.39, 0.29) is 0 Å². The largest absolute Gasteiger partial charge is 0.316 e. The SMILES string of the molecule is CC.CCC1(C)CSCC2CNCCC21. The van der Waals surface area contributed by atoms with Crippen molar-refractivity contribution in [1.29, 1.82) is 0 Å². The lowest BCUT2D eigenvalue weighted by atomic mass is 9.67. The highest BCUT2D eigenvalue weighted by Gasteiger charge is 2.41. The van der Waals surface area contributed by atoms with Crippen LogP contribution in [0.3, 0.4) is 0 Å². The Balaban J connectivity index is 0.000000531. The fraction of sp³-hybridized carbons (Fsp3) is 1.00. The first-order valence-electron chi connectivity index (χ1n) is 6.55. The summed E-state index contributed by atoms with van der Waals surface area (Å²) in [5, 5.41) is 3.53. The molecule has 3 atom stereocenters. The van der Waals surface area contributed by atoms with Gasteiger partial charge >= 0.3 is 0 Å². The highest BCUT2D eigenvalue weighted by molar-refractivity contribution is 7.99. The quantitative estimate of drug-likeness (QED) is 0.739. The van der Waals surface area contributed by atoms with E-state index in [9.17, 15) is 0 Å². The van der Waals surface area contributed by atoms with E-state index >= 15 is 0 Å². The van der Waals surface area contributed by atoms with Crippen LogP contribution in [-0.2, 0) is 0 Å². The molecule has 2 aliphatic rings. The van der Waals surface area contributed by atoms with Gasteiger partial charge in [-0.1, -0.05) is 27.7 Å². The molecule has 0 bridgehead atoms. The van der Waals surface area contributed by atoms with Crippen molar-refractivity contribution in [3.05, 3.63) is 0 Å². The van der Waals surface area contributed by atoms with Crippen molar-refractivity contribution >= 4 is 11.8 Å². The van der Waals surface area contributed by atoms with E-state index in [1.165, 1.54) is 37.4 Å². The van der Waals surface area contributed by atoms with E-state index in [4.69, 9.17) is 0 Å². The maximum Gasteiger partial charge on any atom is -0.000975 e. The van der Waals surface area contributed by atoms with Gasteiger partial charge in [-0.15, -0.1) is 0 Å². The lowest BCUT2D eigenvalue weighted by Gasteiger charge is -2.48. The molecule has 1 N–H and O–H groups in total. The van der Waals surface area contributed by atoms with Crippen molar-refractivity contribution in [3.8, 4) is 0 Å². The minimum atomic E-state index is 0.635. The van der Waals surface area contributed by atoms with E-state index in [1.807, 2.05) is 13.8 Å². The van der Waals surface area contributed by atoms with Crippen molar-refractivity contribution in [3.63, 3.8) is 0 Å². The minimum Gasteiger partial charge on any atom is -0.316 e. The summed E-state index contributed by atoms with van der Waals surface area (Å²) in [7, 11) is 0. The van der Waals surface area contributed by atoms with Crippen LogP contribution >= 0.6 is 11.8 Å². The third-order valence-corrected chi connectivity index (χ3v) is 5.60. The maximum absolute atomic E-state index is 3.53. The molecule has 0 aromatic heterocycles. The summed E-state index contributed by atoms with van der Waals surface area (Å²) in [6.45, 7) is 11.4. The molecule has 2 rings (SSSR count). The van der Waals surface area contributed by atoms with Crippen molar-refractivity contribution < 1.29 is 0 Å². The molecule has 0 spiro atoms. The summed E-state index contributed by atoms with van der Waals surface area (Å²) in [6, 6.07) is 0. The van der Waals surface area contributed by atoms with Gasteiger partial charge in [0, 0.05) is 0 Å². The highest BCUT2D eigenvalue weighted by atomic mass is 32.2. The molecule has 0 aliphatic carbocycles. The Morgan fingerprint density at radius 3 is 2.80 bits per heavy atom. The number of piperidine rings is 1. The van der Waals surface area contributed by atoms with Crippen molar-refractivity contribution in [1.82, 2.24) is 5.32 Å². The molecule has 2 fully saturated rings. The van der Waals surface area contributed by atoms with Gasteiger partial charge in [0.2, 0.25) is 0 Å². The Hall–Kier alpha value is 0.310. The summed E-state index contributed by atoms with van der Waals surface area (Å²) in [5.41, 5.74) is 0.635. The number of nitrogens with one attached hydrogen (secondary N) is 1. The van der Waals surface area contributed by atoms with Gasteiger partial charge in [-0.25, -0.2) is 0 Å². The van der Waals surface area contributed by atoms with E-state index in [0.29, 0.717) is 5.41 Å². The molecular weight excluding hydrogens is 202 g/mol. The van der Waals surface area contributed by atoms with Crippen LogP contribution < -0.4 is 5.32 Å². The van der Waals surface area contributed by atoms with Crippen LogP contribution in [-0.4, -0.2) is 24.6 Å². The highest BCUT2D eigenvalue weighted by Crippen LogP contribution is 2.47. The minimum absolute atomic E-state index is 0.635. The van der Waals surface area contributed by atoms with Crippen molar-refractivity contribution in [2.75, 3.05) is 24.6 Å². The first kappa shape index (κ1) is 13.4. The van der Waals surface area contributed by atoms with Crippen LogP contribution in [0.15, 0.2) is 0 Å². The van der Waals surface area contributed by atoms with Crippen LogP contribution in [0.4, 0.5) is 0 Å². The van der Waals surface area contributed by atoms with Crippen molar-refractivity contribution in [2.24, 2.45) is 17.3 Å². The smallest absolute Gasteiger partial charge is 0.000975 e. The molecule has 2 aliphatic heterocycles. The first-order valence-corrected chi connectivity index (χ1v) is 7.70. The first-order chi connectivity index (χ1) is 7.26. The van der Waals surface area contributed by atoms with Crippen LogP contribution in [0.25, 0.3) is 0 Å². The second kappa shape index (κ2) is 6.15. The predicted octanol–water partition coefficient (Wildman–Crippen LogP) is 3.40. The molecule has 0 radical (unpaired) electrons. The Bertz CT molecular complexity index is 181. The Labute approximate surface area is 99.8 Å². The zero-order valence-corrected chi connectivity index (χ0v) is 11.6. The Morgan fingerprint density at radius 1 is 1.40 bits per heavy atom. The van der Waals surface area contributed by atoms with Gasteiger partial charge in [-0.2, -0.15) is 11.8 Å². The number of hydrogen-bond acceptors (Lipinski definition) is 2. The topological polar surface area (TPSA) is 12.0 Å². The number of thioether (sulfide) groups is 1. The third-order valence-electron chi connectivity index (χ3n) is 4.07. The van der Waals surface area contributed by atoms with Gasteiger partial charge in [-0.3, -0.25) is 0 Å². The molecule has 0 saturated carbocycles. The fourth-order valence-corrected chi connectivity index (χ4v) is 4.59. The second-order valence-electron chi connectivity index (χ2n) is 4.88. The molecule has 2 saturated heterocycles. The summed E-state index contributed by atoms with van der Waals surface area (Å²) >= 11 is 2.17. The molecule has 3 unspecified atom stereocenters. The number of hydrogen-bond donors (Lipinski definition) is 1. The molecule has 1 nitrogen and oxygen atoms in total. The summed E-state index contributed by atoms with van der Waals surface area (Å²) in [5.74, 6) is 4.75. The number of fused-ring (bicyclic) bond motifs is 1. The average molecular weight is 229 g/mol. The predicted molar refractivity (Wildman–Crippen MR) is 71.5 cm³/mol. The van der Waals surface area contributed by atoms with Gasteiger partial charge in [0.05, 0.1) is 0 Å². The summed E-state index contributed by atoms with van der Waals surface area (Å²) in [4.78, 5) is 0. The molecule has 0 aromatic carbocycles. The van der Waals surface area contributed by atoms with Gasteiger partial charge < -0.3 is 5.32 Å². The van der Waals surface area contributed by atoms with Crippen LogP contribution in [0.2, 0.25) is 0 Å².